The lowest BCUT2D eigenvalue weighted by Crippen LogP contribution is -2.05. The van der Waals surface area contributed by atoms with Crippen LogP contribution in [0.15, 0.2) is 24.3 Å². The molecule has 4 heteroatoms. The van der Waals surface area contributed by atoms with Crippen LogP contribution in [0.1, 0.15) is 18.4 Å². The zero-order valence-corrected chi connectivity index (χ0v) is 8.98. The third kappa shape index (κ3) is 2.69. The Morgan fingerprint density at radius 2 is 2.00 bits per heavy atom. The van der Waals surface area contributed by atoms with E-state index in [1.165, 1.54) is 25.0 Å². The second kappa shape index (κ2) is 4.19. The summed E-state index contributed by atoms with van der Waals surface area (Å²) in [5.41, 5.74) is 1.21. The van der Waals surface area contributed by atoms with E-state index in [1.54, 1.807) is 12.1 Å². The molecule has 0 bridgehead atoms. The number of halogens is 1. The summed E-state index contributed by atoms with van der Waals surface area (Å²) in [6.45, 7) is 0. The fourth-order valence-corrected chi connectivity index (χ4v) is 2.03. The van der Waals surface area contributed by atoms with Crippen molar-refractivity contribution < 1.29 is 4.92 Å². The zero-order valence-electron chi connectivity index (χ0n) is 8.23. The summed E-state index contributed by atoms with van der Waals surface area (Å²) in [6, 6.07) is 6.64. The van der Waals surface area contributed by atoms with Gasteiger partial charge in [-0.2, -0.15) is 0 Å². The molecule has 1 aromatic rings. The third-order valence-electron chi connectivity index (χ3n) is 2.71. The first kappa shape index (κ1) is 10.4. The quantitative estimate of drug-likeness (QED) is 0.449. The van der Waals surface area contributed by atoms with Gasteiger partial charge < -0.3 is 0 Å². The summed E-state index contributed by atoms with van der Waals surface area (Å²) >= 11 is 6.18. The molecule has 1 fully saturated rings. The number of non-ortho nitro benzene ring substituents is 1. The molecule has 0 heterocycles. The van der Waals surface area contributed by atoms with Gasteiger partial charge in [-0.3, -0.25) is 10.1 Å². The van der Waals surface area contributed by atoms with E-state index in [2.05, 4.69) is 0 Å². The molecule has 0 radical (unpaired) electrons. The number of benzene rings is 1. The average molecular weight is 226 g/mol. The number of nitrogens with zero attached hydrogens (tertiary/aromatic N) is 1. The van der Waals surface area contributed by atoms with E-state index in [9.17, 15) is 10.1 Å². The standard InChI is InChI=1S/C11H12ClNO2/c12-11(9-3-4-9)7-8-1-5-10(6-2-8)13(14)15/h1-2,5-6,9,11H,3-4,7H2. The maximum absolute atomic E-state index is 10.4. The van der Waals surface area contributed by atoms with Crippen molar-refractivity contribution in [2.24, 2.45) is 5.92 Å². The van der Waals surface area contributed by atoms with Crippen LogP contribution in [0.4, 0.5) is 5.69 Å². The second-order valence-corrected chi connectivity index (χ2v) is 4.54. The van der Waals surface area contributed by atoms with Crippen LogP contribution in [-0.2, 0) is 6.42 Å². The molecule has 3 nitrogen and oxygen atoms in total. The van der Waals surface area contributed by atoms with Crippen LogP contribution in [0.5, 0.6) is 0 Å². The molecule has 1 saturated carbocycles. The van der Waals surface area contributed by atoms with E-state index in [-0.39, 0.29) is 16.0 Å². The van der Waals surface area contributed by atoms with Crippen molar-refractivity contribution in [3.8, 4) is 0 Å². The lowest BCUT2D eigenvalue weighted by molar-refractivity contribution is -0.384. The molecule has 0 amide bonds. The van der Waals surface area contributed by atoms with Gasteiger partial charge in [-0.25, -0.2) is 0 Å². The second-order valence-electron chi connectivity index (χ2n) is 3.98. The van der Waals surface area contributed by atoms with Crippen molar-refractivity contribution in [3.05, 3.63) is 39.9 Å². The van der Waals surface area contributed by atoms with E-state index < -0.39 is 0 Å². The maximum atomic E-state index is 10.4. The number of rotatable bonds is 4. The van der Waals surface area contributed by atoms with Gasteiger partial charge >= 0.3 is 0 Å². The molecule has 0 aliphatic heterocycles. The molecule has 1 unspecified atom stereocenters. The third-order valence-corrected chi connectivity index (χ3v) is 3.22. The summed E-state index contributed by atoms with van der Waals surface area (Å²) in [5.74, 6) is 0.654. The number of nitro benzene ring substituents is 1. The van der Waals surface area contributed by atoms with E-state index in [4.69, 9.17) is 11.6 Å². The Morgan fingerprint density at radius 3 is 2.47 bits per heavy atom. The summed E-state index contributed by atoms with van der Waals surface area (Å²) in [4.78, 5) is 10.0. The van der Waals surface area contributed by atoms with Crippen molar-refractivity contribution in [2.75, 3.05) is 0 Å². The maximum Gasteiger partial charge on any atom is 0.269 e. The van der Waals surface area contributed by atoms with Crippen LogP contribution in [0.2, 0.25) is 0 Å². The number of hydrogen-bond acceptors (Lipinski definition) is 2. The molecule has 80 valence electrons. The molecule has 0 aromatic heterocycles. The van der Waals surface area contributed by atoms with Gasteiger partial charge in [0.1, 0.15) is 0 Å². The average Bonchev–Trinajstić information content (AvgIpc) is 3.01. The van der Waals surface area contributed by atoms with E-state index in [1.807, 2.05) is 0 Å². The summed E-state index contributed by atoms with van der Waals surface area (Å²) in [5, 5.41) is 10.6. The molecule has 1 aliphatic carbocycles. The van der Waals surface area contributed by atoms with Gasteiger partial charge in [0.2, 0.25) is 0 Å². The Hall–Kier alpha value is -1.09. The molecule has 2 rings (SSSR count). The lowest BCUT2D eigenvalue weighted by atomic mass is 10.1. The molecule has 0 N–H and O–H groups in total. The van der Waals surface area contributed by atoms with Gasteiger partial charge in [0.05, 0.1) is 4.92 Å². The van der Waals surface area contributed by atoms with Crippen molar-refractivity contribution >= 4 is 17.3 Å². The molecule has 1 atom stereocenters. The van der Waals surface area contributed by atoms with Crippen molar-refractivity contribution in [1.29, 1.82) is 0 Å². The Labute approximate surface area is 93.2 Å². The van der Waals surface area contributed by atoms with Gasteiger partial charge in [-0.15, -0.1) is 11.6 Å². The van der Waals surface area contributed by atoms with Crippen molar-refractivity contribution in [3.63, 3.8) is 0 Å². The highest BCUT2D eigenvalue weighted by molar-refractivity contribution is 6.21. The highest BCUT2D eigenvalue weighted by Gasteiger charge is 2.29. The molecule has 0 spiro atoms. The summed E-state index contributed by atoms with van der Waals surface area (Å²) < 4.78 is 0. The fraction of sp³-hybridized carbons (Fsp3) is 0.455. The van der Waals surface area contributed by atoms with E-state index in [0.29, 0.717) is 5.92 Å². The lowest BCUT2D eigenvalue weighted by Gasteiger charge is -2.06. The van der Waals surface area contributed by atoms with E-state index >= 15 is 0 Å². The largest absolute Gasteiger partial charge is 0.269 e. The van der Waals surface area contributed by atoms with Gasteiger partial charge in [0.15, 0.2) is 0 Å². The predicted octanol–water partition coefficient (Wildman–Crippen LogP) is 3.15. The van der Waals surface area contributed by atoms with Crippen LogP contribution < -0.4 is 0 Å². The zero-order chi connectivity index (χ0) is 10.8. The Morgan fingerprint density at radius 1 is 1.40 bits per heavy atom. The van der Waals surface area contributed by atoms with Crippen LogP contribution >= 0.6 is 11.6 Å². The summed E-state index contributed by atoms with van der Waals surface area (Å²) in [7, 11) is 0. The predicted molar refractivity (Wildman–Crippen MR) is 59.2 cm³/mol. The number of hydrogen-bond donors (Lipinski definition) is 0. The van der Waals surface area contributed by atoms with Crippen molar-refractivity contribution in [1.82, 2.24) is 0 Å². The minimum absolute atomic E-state index is 0.135. The minimum Gasteiger partial charge on any atom is -0.258 e. The number of nitro groups is 1. The van der Waals surface area contributed by atoms with Crippen LogP contribution in [0.3, 0.4) is 0 Å². The van der Waals surface area contributed by atoms with Crippen LogP contribution in [0, 0.1) is 16.0 Å². The Bertz CT molecular complexity index is 359. The fourth-order valence-electron chi connectivity index (χ4n) is 1.60. The minimum atomic E-state index is -0.386. The normalized spacial score (nSPS) is 17.4. The van der Waals surface area contributed by atoms with E-state index in [0.717, 1.165) is 12.0 Å². The van der Waals surface area contributed by atoms with Gasteiger partial charge in [-0.1, -0.05) is 12.1 Å². The number of alkyl halides is 1. The molecule has 15 heavy (non-hydrogen) atoms. The highest BCUT2D eigenvalue weighted by atomic mass is 35.5. The molecule has 1 aromatic carbocycles. The molecule has 1 aliphatic rings. The van der Waals surface area contributed by atoms with Gasteiger partial charge in [0.25, 0.3) is 5.69 Å². The molecular weight excluding hydrogens is 214 g/mol. The Balaban J connectivity index is 1.99. The molecular formula is C11H12ClNO2. The van der Waals surface area contributed by atoms with Crippen molar-refractivity contribution in [2.45, 2.75) is 24.6 Å². The van der Waals surface area contributed by atoms with Gasteiger partial charge in [0, 0.05) is 17.5 Å². The van der Waals surface area contributed by atoms with Gasteiger partial charge in [-0.05, 0) is 30.7 Å². The van der Waals surface area contributed by atoms with Crippen LogP contribution in [-0.4, -0.2) is 10.3 Å². The first-order valence-corrected chi connectivity index (χ1v) is 5.48. The molecule has 0 saturated heterocycles. The first-order chi connectivity index (χ1) is 7.16. The summed E-state index contributed by atoms with van der Waals surface area (Å²) in [6.07, 6.45) is 3.26. The SMILES string of the molecule is O=[N+]([O-])c1ccc(CC(Cl)C2CC2)cc1. The van der Waals surface area contributed by atoms with Crippen LogP contribution in [0.25, 0.3) is 0 Å². The Kier molecular flexibility index (Phi) is 2.91. The topological polar surface area (TPSA) is 43.1 Å². The monoisotopic (exact) mass is 225 g/mol. The smallest absolute Gasteiger partial charge is 0.258 e. The first-order valence-electron chi connectivity index (χ1n) is 5.04. The highest BCUT2D eigenvalue weighted by Crippen LogP contribution is 2.37.